The highest BCUT2D eigenvalue weighted by molar-refractivity contribution is 5.01. The average molecular weight is 194 g/mol. The molecule has 0 aromatic heterocycles. The first-order valence-electron chi connectivity index (χ1n) is 5.64. The average Bonchev–Trinajstić information content (AvgIpc) is 2.22. The molecular formula is C12H22N2. The van der Waals surface area contributed by atoms with Crippen molar-refractivity contribution in [3.8, 4) is 12.3 Å². The molecule has 14 heavy (non-hydrogen) atoms. The topological polar surface area (TPSA) is 29.3 Å². The fraction of sp³-hybridized carbons (Fsp3) is 0.833. The third-order valence-electron chi connectivity index (χ3n) is 3.34. The Balaban J connectivity index is 2.60. The summed E-state index contributed by atoms with van der Waals surface area (Å²) in [5.74, 6) is 3.53. The third-order valence-corrected chi connectivity index (χ3v) is 3.34. The minimum absolute atomic E-state index is 0.305. The zero-order valence-corrected chi connectivity index (χ0v) is 9.37. The van der Waals surface area contributed by atoms with Gasteiger partial charge in [-0.05, 0) is 38.6 Å². The summed E-state index contributed by atoms with van der Waals surface area (Å²) < 4.78 is 0. The van der Waals surface area contributed by atoms with Crippen molar-refractivity contribution in [2.24, 2.45) is 11.7 Å². The zero-order valence-electron chi connectivity index (χ0n) is 9.37. The van der Waals surface area contributed by atoms with Gasteiger partial charge in [-0.2, -0.15) is 0 Å². The van der Waals surface area contributed by atoms with Gasteiger partial charge in [0, 0.05) is 12.6 Å². The van der Waals surface area contributed by atoms with Crippen LogP contribution in [0.5, 0.6) is 0 Å². The van der Waals surface area contributed by atoms with E-state index in [2.05, 4.69) is 24.7 Å². The lowest BCUT2D eigenvalue weighted by atomic mass is 9.92. The van der Waals surface area contributed by atoms with Gasteiger partial charge in [-0.25, -0.2) is 0 Å². The minimum atomic E-state index is 0.305. The molecule has 0 radical (unpaired) electrons. The molecule has 80 valence electrons. The highest BCUT2D eigenvalue weighted by Crippen LogP contribution is 2.23. The number of hydrogen-bond donors (Lipinski definition) is 1. The smallest absolute Gasteiger partial charge is 0.0711 e. The third kappa shape index (κ3) is 2.50. The maximum absolute atomic E-state index is 5.72. The number of hydrogen-bond acceptors (Lipinski definition) is 2. The molecular weight excluding hydrogens is 172 g/mol. The highest BCUT2D eigenvalue weighted by Gasteiger charge is 2.28. The quantitative estimate of drug-likeness (QED) is 0.689. The summed E-state index contributed by atoms with van der Waals surface area (Å²) in [4.78, 5) is 2.45. The van der Waals surface area contributed by atoms with Crippen LogP contribution in [0.3, 0.4) is 0 Å². The van der Waals surface area contributed by atoms with Crippen LogP contribution in [0, 0.1) is 18.3 Å². The molecule has 2 nitrogen and oxygen atoms in total. The van der Waals surface area contributed by atoms with Crippen LogP contribution in [0.15, 0.2) is 0 Å². The number of nitrogens with two attached hydrogens (primary N) is 1. The Labute approximate surface area is 87.8 Å². The van der Waals surface area contributed by atoms with Gasteiger partial charge < -0.3 is 5.73 Å². The van der Waals surface area contributed by atoms with Crippen molar-refractivity contribution in [3.63, 3.8) is 0 Å². The van der Waals surface area contributed by atoms with E-state index in [9.17, 15) is 0 Å². The van der Waals surface area contributed by atoms with Crippen LogP contribution in [0.1, 0.15) is 33.1 Å². The number of rotatable bonds is 3. The Morgan fingerprint density at radius 2 is 2.29 bits per heavy atom. The van der Waals surface area contributed by atoms with Gasteiger partial charge >= 0.3 is 0 Å². The van der Waals surface area contributed by atoms with Gasteiger partial charge in [0.2, 0.25) is 0 Å². The maximum atomic E-state index is 5.72. The van der Waals surface area contributed by atoms with Crippen LogP contribution in [-0.4, -0.2) is 30.1 Å². The molecule has 0 amide bonds. The number of likely N-dealkylation sites (tertiary alicyclic amines) is 1. The lowest BCUT2D eigenvalue weighted by molar-refractivity contribution is 0.0952. The molecule has 0 aliphatic carbocycles. The molecule has 2 heteroatoms. The summed E-state index contributed by atoms with van der Waals surface area (Å²) in [6.45, 7) is 6.31. The lowest BCUT2D eigenvalue weighted by Gasteiger charge is -2.40. The molecule has 0 spiro atoms. The van der Waals surface area contributed by atoms with Crippen molar-refractivity contribution >= 4 is 0 Å². The predicted molar refractivity (Wildman–Crippen MR) is 60.9 cm³/mol. The SMILES string of the molecule is C#CC(CC)N1CC(CN)CCC1C. The van der Waals surface area contributed by atoms with Gasteiger partial charge in [0.25, 0.3) is 0 Å². The lowest BCUT2D eigenvalue weighted by Crippen LogP contribution is -2.48. The van der Waals surface area contributed by atoms with Crippen LogP contribution >= 0.6 is 0 Å². The van der Waals surface area contributed by atoms with Crippen LogP contribution in [0.25, 0.3) is 0 Å². The molecule has 0 saturated carbocycles. The molecule has 1 aliphatic heterocycles. The van der Waals surface area contributed by atoms with Gasteiger partial charge in [0.15, 0.2) is 0 Å². The van der Waals surface area contributed by atoms with Crippen molar-refractivity contribution in [2.75, 3.05) is 13.1 Å². The summed E-state index contributed by atoms with van der Waals surface area (Å²) >= 11 is 0. The molecule has 0 aromatic carbocycles. The van der Waals surface area contributed by atoms with Crippen molar-refractivity contribution in [1.29, 1.82) is 0 Å². The van der Waals surface area contributed by atoms with Gasteiger partial charge in [-0.15, -0.1) is 6.42 Å². The van der Waals surface area contributed by atoms with E-state index in [1.165, 1.54) is 12.8 Å². The second-order valence-corrected chi connectivity index (χ2v) is 4.32. The number of terminal acetylenes is 1. The zero-order chi connectivity index (χ0) is 10.6. The summed E-state index contributed by atoms with van der Waals surface area (Å²) in [6, 6.07) is 0.929. The molecule has 3 unspecified atom stereocenters. The van der Waals surface area contributed by atoms with E-state index in [1.807, 2.05) is 0 Å². The van der Waals surface area contributed by atoms with E-state index in [-0.39, 0.29) is 0 Å². The van der Waals surface area contributed by atoms with Gasteiger partial charge in [0.05, 0.1) is 6.04 Å². The Kier molecular flexibility index (Phi) is 4.44. The van der Waals surface area contributed by atoms with Crippen molar-refractivity contribution < 1.29 is 0 Å². The molecule has 2 N–H and O–H groups in total. The van der Waals surface area contributed by atoms with Crippen LogP contribution in [0.4, 0.5) is 0 Å². The van der Waals surface area contributed by atoms with Crippen molar-refractivity contribution in [1.82, 2.24) is 4.90 Å². The Morgan fingerprint density at radius 3 is 2.79 bits per heavy atom. The number of piperidine rings is 1. The fourth-order valence-electron chi connectivity index (χ4n) is 2.29. The molecule has 3 atom stereocenters. The van der Waals surface area contributed by atoms with Gasteiger partial charge in [0.1, 0.15) is 0 Å². The predicted octanol–water partition coefficient (Wildman–Crippen LogP) is 1.46. The Bertz CT molecular complexity index is 207. The Hall–Kier alpha value is -0.520. The highest BCUT2D eigenvalue weighted by atomic mass is 15.2. The van der Waals surface area contributed by atoms with Gasteiger partial charge in [-0.1, -0.05) is 12.8 Å². The standard InChI is InChI=1S/C12H22N2/c1-4-12(5-2)14-9-11(8-13)7-6-10(14)3/h1,10-12H,5-9,13H2,2-3H3. The minimum Gasteiger partial charge on any atom is -0.330 e. The summed E-state index contributed by atoms with van der Waals surface area (Å²) in [5.41, 5.74) is 5.72. The first-order chi connectivity index (χ1) is 6.72. The van der Waals surface area contributed by atoms with Gasteiger partial charge in [-0.3, -0.25) is 4.90 Å². The maximum Gasteiger partial charge on any atom is 0.0711 e. The molecule has 0 aromatic rings. The van der Waals surface area contributed by atoms with Crippen molar-refractivity contribution in [3.05, 3.63) is 0 Å². The molecule has 1 aliphatic rings. The van der Waals surface area contributed by atoms with E-state index in [4.69, 9.17) is 12.2 Å². The first-order valence-corrected chi connectivity index (χ1v) is 5.64. The molecule has 1 heterocycles. The summed E-state index contributed by atoms with van der Waals surface area (Å²) in [5, 5.41) is 0. The number of nitrogens with zero attached hydrogens (tertiary/aromatic N) is 1. The van der Waals surface area contributed by atoms with E-state index in [1.54, 1.807) is 0 Å². The second-order valence-electron chi connectivity index (χ2n) is 4.32. The Morgan fingerprint density at radius 1 is 1.57 bits per heavy atom. The van der Waals surface area contributed by atoms with Crippen LogP contribution in [-0.2, 0) is 0 Å². The normalized spacial score (nSPS) is 31.0. The van der Waals surface area contributed by atoms with E-state index in [0.717, 1.165) is 19.5 Å². The summed E-state index contributed by atoms with van der Waals surface area (Å²) in [6.07, 6.45) is 9.08. The first kappa shape index (κ1) is 11.6. The van der Waals surface area contributed by atoms with E-state index in [0.29, 0.717) is 18.0 Å². The molecule has 0 bridgehead atoms. The summed E-state index contributed by atoms with van der Waals surface area (Å²) in [7, 11) is 0. The van der Waals surface area contributed by atoms with E-state index < -0.39 is 0 Å². The molecule has 1 rings (SSSR count). The largest absolute Gasteiger partial charge is 0.330 e. The van der Waals surface area contributed by atoms with Crippen LogP contribution in [0.2, 0.25) is 0 Å². The van der Waals surface area contributed by atoms with Crippen molar-refractivity contribution in [2.45, 2.75) is 45.2 Å². The van der Waals surface area contributed by atoms with E-state index >= 15 is 0 Å². The monoisotopic (exact) mass is 194 g/mol. The van der Waals surface area contributed by atoms with Crippen LogP contribution < -0.4 is 5.73 Å². The second kappa shape index (κ2) is 5.38. The fourth-order valence-corrected chi connectivity index (χ4v) is 2.29. The molecule has 1 saturated heterocycles. The molecule has 1 fully saturated rings.